The van der Waals surface area contributed by atoms with Crippen LogP contribution in [0.15, 0.2) is 47.5 Å². The predicted octanol–water partition coefficient (Wildman–Crippen LogP) is 1.58. The Kier molecular flexibility index (Phi) is 7.31. The lowest BCUT2D eigenvalue weighted by Gasteiger charge is -2.13. The van der Waals surface area contributed by atoms with Crippen LogP contribution >= 0.6 is 12.4 Å². The van der Waals surface area contributed by atoms with E-state index in [2.05, 4.69) is 10.3 Å². The Bertz CT molecular complexity index is 680. The van der Waals surface area contributed by atoms with Crippen molar-refractivity contribution in [3.8, 4) is 0 Å². The number of amides is 1. The third-order valence-corrected chi connectivity index (χ3v) is 3.35. The molecule has 0 aliphatic carbocycles. The Morgan fingerprint density at radius 3 is 2.57 bits per heavy atom. The van der Waals surface area contributed by atoms with Gasteiger partial charge in [0, 0.05) is 17.6 Å². The smallest absolute Gasteiger partial charge is 0.241 e. The average molecular weight is 336 g/mol. The topological polar surface area (TPSA) is 120 Å². The van der Waals surface area contributed by atoms with Crippen LogP contribution in [0, 0.1) is 0 Å². The molecule has 23 heavy (non-hydrogen) atoms. The number of nitrogens with zero attached hydrogens (tertiary/aromatic N) is 1. The van der Waals surface area contributed by atoms with Crippen LogP contribution in [0.2, 0.25) is 0 Å². The lowest BCUT2D eigenvalue weighted by atomic mass is 10.1. The minimum Gasteiger partial charge on any atom is -0.370 e. The third-order valence-electron chi connectivity index (χ3n) is 3.35. The van der Waals surface area contributed by atoms with Gasteiger partial charge in [0.05, 0.1) is 6.04 Å². The maximum Gasteiger partial charge on any atom is 0.241 e. The second-order valence-corrected chi connectivity index (χ2v) is 5.07. The summed E-state index contributed by atoms with van der Waals surface area (Å²) in [5.74, 6) is -0.158. The zero-order valence-corrected chi connectivity index (χ0v) is 13.6. The minimum atomic E-state index is -0.590. The van der Waals surface area contributed by atoms with Crippen LogP contribution in [-0.2, 0) is 4.79 Å². The molecule has 0 aromatic heterocycles. The standard InChI is InChI=1S/C16H21N5O.ClH/c17-13(8-4-10-20-16(18)19)15(22)21-14-9-3-6-11-5-1-2-7-12(11)14;/h1-3,5-7,9,13H,4,8,10,17H2,(H,21,22)(H4,18,19,20);1H/t13-;/m0./s1. The fraction of sp³-hybridized carbons (Fsp3) is 0.250. The molecule has 0 fully saturated rings. The Morgan fingerprint density at radius 2 is 1.83 bits per heavy atom. The van der Waals surface area contributed by atoms with Gasteiger partial charge in [-0.2, -0.15) is 0 Å². The van der Waals surface area contributed by atoms with Crippen LogP contribution in [0.4, 0.5) is 5.69 Å². The molecule has 2 aromatic carbocycles. The molecular weight excluding hydrogens is 314 g/mol. The number of hydrogen-bond donors (Lipinski definition) is 4. The predicted molar refractivity (Wildman–Crippen MR) is 97.7 cm³/mol. The van der Waals surface area contributed by atoms with Crippen molar-refractivity contribution in [3.05, 3.63) is 42.5 Å². The van der Waals surface area contributed by atoms with Crippen molar-refractivity contribution in [2.24, 2.45) is 22.2 Å². The van der Waals surface area contributed by atoms with Crippen LogP contribution < -0.4 is 22.5 Å². The van der Waals surface area contributed by atoms with Crippen molar-refractivity contribution >= 4 is 40.7 Å². The van der Waals surface area contributed by atoms with E-state index in [4.69, 9.17) is 17.2 Å². The highest BCUT2D eigenvalue weighted by molar-refractivity contribution is 6.03. The van der Waals surface area contributed by atoms with Gasteiger partial charge < -0.3 is 22.5 Å². The number of anilines is 1. The van der Waals surface area contributed by atoms with Crippen molar-refractivity contribution in [2.45, 2.75) is 18.9 Å². The lowest BCUT2D eigenvalue weighted by molar-refractivity contribution is -0.117. The minimum absolute atomic E-state index is 0. The number of carbonyl (C=O) groups excluding carboxylic acids is 1. The summed E-state index contributed by atoms with van der Waals surface area (Å²) in [7, 11) is 0. The number of rotatable bonds is 6. The van der Waals surface area contributed by atoms with Gasteiger partial charge in [0.1, 0.15) is 0 Å². The molecule has 0 radical (unpaired) electrons. The normalized spacial score (nSPS) is 11.3. The monoisotopic (exact) mass is 335 g/mol. The molecule has 1 atom stereocenters. The van der Waals surface area contributed by atoms with Gasteiger partial charge in [0.2, 0.25) is 5.91 Å². The molecule has 7 heteroatoms. The molecule has 6 nitrogen and oxygen atoms in total. The van der Waals surface area contributed by atoms with Gasteiger partial charge in [0.15, 0.2) is 5.96 Å². The Balaban J connectivity index is 0.00000264. The van der Waals surface area contributed by atoms with Gasteiger partial charge in [0.25, 0.3) is 0 Å². The van der Waals surface area contributed by atoms with Gasteiger partial charge in [-0.1, -0.05) is 36.4 Å². The van der Waals surface area contributed by atoms with Gasteiger partial charge >= 0.3 is 0 Å². The van der Waals surface area contributed by atoms with Gasteiger partial charge in [-0.05, 0) is 24.3 Å². The molecule has 0 saturated heterocycles. The van der Waals surface area contributed by atoms with Gasteiger partial charge in [-0.15, -0.1) is 12.4 Å². The summed E-state index contributed by atoms with van der Waals surface area (Å²) in [5, 5.41) is 4.95. The van der Waals surface area contributed by atoms with E-state index < -0.39 is 6.04 Å². The number of nitrogens with one attached hydrogen (secondary N) is 1. The summed E-state index contributed by atoms with van der Waals surface area (Å²) in [5.41, 5.74) is 17.2. The number of benzene rings is 2. The molecule has 124 valence electrons. The second kappa shape index (κ2) is 8.97. The van der Waals surface area contributed by atoms with E-state index in [9.17, 15) is 4.79 Å². The fourth-order valence-corrected chi connectivity index (χ4v) is 2.21. The molecule has 0 saturated carbocycles. The summed E-state index contributed by atoms with van der Waals surface area (Å²) < 4.78 is 0. The highest BCUT2D eigenvalue weighted by Crippen LogP contribution is 2.23. The fourth-order valence-electron chi connectivity index (χ4n) is 2.21. The van der Waals surface area contributed by atoms with Crippen molar-refractivity contribution in [3.63, 3.8) is 0 Å². The van der Waals surface area contributed by atoms with Crippen LogP contribution in [0.5, 0.6) is 0 Å². The van der Waals surface area contributed by atoms with E-state index in [1.807, 2.05) is 42.5 Å². The SMILES string of the molecule is Cl.NC(N)=NCCC[C@H](N)C(=O)Nc1cccc2ccccc12. The Hall–Kier alpha value is -2.31. The highest BCUT2D eigenvalue weighted by atomic mass is 35.5. The van der Waals surface area contributed by atoms with E-state index >= 15 is 0 Å². The van der Waals surface area contributed by atoms with Crippen LogP contribution in [0.3, 0.4) is 0 Å². The number of fused-ring (bicyclic) bond motifs is 1. The van der Waals surface area contributed by atoms with E-state index in [0.717, 1.165) is 16.5 Å². The lowest BCUT2D eigenvalue weighted by Crippen LogP contribution is -2.35. The number of hydrogen-bond acceptors (Lipinski definition) is 3. The maximum absolute atomic E-state index is 12.2. The van der Waals surface area contributed by atoms with Gasteiger partial charge in [-0.25, -0.2) is 0 Å². The van der Waals surface area contributed by atoms with Crippen molar-refractivity contribution in [1.82, 2.24) is 0 Å². The van der Waals surface area contributed by atoms with Crippen LogP contribution in [0.1, 0.15) is 12.8 Å². The molecule has 1 amide bonds. The summed E-state index contributed by atoms with van der Waals surface area (Å²) >= 11 is 0. The molecule has 0 heterocycles. The summed E-state index contributed by atoms with van der Waals surface area (Å²) in [6, 6.07) is 13.0. The Morgan fingerprint density at radius 1 is 1.13 bits per heavy atom. The average Bonchev–Trinajstić information content (AvgIpc) is 2.51. The number of guanidine groups is 1. The van der Waals surface area contributed by atoms with E-state index in [1.54, 1.807) is 0 Å². The van der Waals surface area contributed by atoms with Crippen LogP contribution in [-0.4, -0.2) is 24.5 Å². The van der Waals surface area contributed by atoms with Crippen molar-refractivity contribution < 1.29 is 4.79 Å². The molecule has 0 unspecified atom stereocenters. The summed E-state index contributed by atoms with van der Waals surface area (Å²) in [6.07, 6.45) is 1.18. The second-order valence-electron chi connectivity index (χ2n) is 5.07. The summed E-state index contributed by atoms with van der Waals surface area (Å²) in [6.45, 7) is 0.470. The molecule has 0 aliphatic rings. The Labute approximate surface area is 141 Å². The first kappa shape index (κ1) is 18.7. The van der Waals surface area contributed by atoms with Crippen molar-refractivity contribution in [1.29, 1.82) is 0 Å². The quantitative estimate of drug-likeness (QED) is 0.364. The number of halogens is 1. The molecule has 7 N–H and O–H groups in total. The van der Waals surface area contributed by atoms with E-state index in [1.165, 1.54) is 0 Å². The third kappa shape index (κ3) is 5.43. The largest absolute Gasteiger partial charge is 0.370 e. The zero-order chi connectivity index (χ0) is 15.9. The molecular formula is C16H22ClN5O. The number of nitrogens with two attached hydrogens (primary N) is 3. The van der Waals surface area contributed by atoms with E-state index in [0.29, 0.717) is 19.4 Å². The van der Waals surface area contributed by atoms with Crippen LogP contribution in [0.25, 0.3) is 10.8 Å². The maximum atomic E-state index is 12.2. The van der Waals surface area contributed by atoms with Crippen molar-refractivity contribution in [2.75, 3.05) is 11.9 Å². The summed E-state index contributed by atoms with van der Waals surface area (Å²) in [4.78, 5) is 16.0. The molecule has 0 aliphatic heterocycles. The van der Waals surface area contributed by atoms with Gasteiger partial charge in [-0.3, -0.25) is 9.79 Å². The molecule has 2 rings (SSSR count). The first-order chi connectivity index (χ1) is 10.6. The molecule has 0 bridgehead atoms. The molecule has 0 spiro atoms. The number of carbonyl (C=O) groups is 1. The first-order valence-corrected chi connectivity index (χ1v) is 7.17. The number of aliphatic imine (C=N–C) groups is 1. The highest BCUT2D eigenvalue weighted by Gasteiger charge is 2.14. The van der Waals surface area contributed by atoms with E-state index in [-0.39, 0.29) is 24.3 Å². The molecule has 2 aromatic rings. The zero-order valence-electron chi connectivity index (χ0n) is 12.7. The first-order valence-electron chi connectivity index (χ1n) is 7.17.